The van der Waals surface area contributed by atoms with E-state index in [2.05, 4.69) is 21.9 Å². The first kappa shape index (κ1) is 18.9. The molecule has 0 saturated heterocycles. The van der Waals surface area contributed by atoms with Gasteiger partial charge in [-0.3, -0.25) is 0 Å². The normalized spacial score (nSPS) is 17.1. The molecule has 1 unspecified atom stereocenters. The highest BCUT2D eigenvalue weighted by atomic mass is 35.5. The number of carboxylic acid groups (broad SMARTS) is 1. The molecule has 2 aromatic rings. The maximum absolute atomic E-state index is 14.0. The lowest BCUT2D eigenvalue weighted by Crippen LogP contribution is -2.15. The summed E-state index contributed by atoms with van der Waals surface area (Å²) in [6, 6.07) is 0. The average Bonchev–Trinajstić information content (AvgIpc) is 2.84. The first-order valence-electron chi connectivity index (χ1n) is 8.13. The van der Waals surface area contributed by atoms with E-state index < -0.39 is 5.97 Å². The van der Waals surface area contributed by atoms with Gasteiger partial charge >= 0.3 is 5.97 Å². The van der Waals surface area contributed by atoms with E-state index in [9.17, 15) is 14.3 Å². The van der Waals surface area contributed by atoms with E-state index in [1.54, 1.807) is 20.9 Å². The number of aryl methyl sites for hydroxylation is 1. The number of anilines is 1. The van der Waals surface area contributed by atoms with Crippen molar-refractivity contribution in [3.8, 4) is 0 Å². The zero-order valence-corrected chi connectivity index (χ0v) is 15.8. The van der Waals surface area contributed by atoms with E-state index in [-0.39, 0.29) is 22.5 Å². The number of halogens is 2. The molecule has 0 bridgehead atoms. The van der Waals surface area contributed by atoms with Gasteiger partial charge in [0, 0.05) is 25.5 Å². The summed E-state index contributed by atoms with van der Waals surface area (Å²) in [5, 5.41) is 12.6. The molecule has 9 heteroatoms. The molecule has 3 rings (SSSR count). The Balaban J connectivity index is 2.14. The van der Waals surface area contributed by atoms with Crippen molar-refractivity contribution in [3.63, 3.8) is 0 Å². The van der Waals surface area contributed by atoms with E-state index >= 15 is 0 Å². The predicted octanol–water partition coefficient (Wildman–Crippen LogP) is 4.39. The van der Waals surface area contributed by atoms with Crippen LogP contribution in [-0.4, -0.2) is 25.6 Å². The average molecular weight is 393 g/mol. The van der Waals surface area contributed by atoms with Gasteiger partial charge in [0.15, 0.2) is 5.82 Å². The first-order valence-corrected chi connectivity index (χ1v) is 8.51. The van der Waals surface area contributed by atoms with Crippen molar-refractivity contribution in [2.75, 3.05) is 5.32 Å². The van der Waals surface area contributed by atoms with E-state index in [0.29, 0.717) is 40.5 Å². The van der Waals surface area contributed by atoms with Crippen LogP contribution < -0.4 is 5.32 Å². The van der Waals surface area contributed by atoms with E-state index in [0.717, 1.165) is 0 Å². The molecule has 0 aliphatic heterocycles. The van der Waals surface area contributed by atoms with Gasteiger partial charge < -0.3 is 19.7 Å². The Labute approximate surface area is 159 Å². The highest BCUT2D eigenvalue weighted by molar-refractivity contribution is 6.38. The molecular weight excluding hydrogens is 375 g/mol. The quantitative estimate of drug-likeness (QED) is 0.733. The number of aromatic carboxylic acids is 1. The number of carboxylic acids is 1. The summed E-state index contributed by atoms with van der Waals surface area (Å²) in [5.74, 6) is -0.756. The largest absolute Gasteiger partial charge is 0.477 e. The molecule has 27 heavy (non-hydrogen) atoms. The fraction of sp³-hybridized carbons (Fsp3) is 0.278. The fourth-order valence-electron chi connectivity index (χ4n) is 2.95. The molecule has 0 saturated carbocycles. The van der Waals surface area contributed by atoms with Crippen LogP contribution in [0.15, 0.2) is 42.0 Å². The van der Waals surface area contributed by atoms with Crippen molar-refractivity contribution < 1.29 is 19.0 Å². The lowest BCUT2D eigenvalue weighted by Gasteiger charge is -2.23. The molecule has 0 amide bonds. The second kappa shape index (κ2) is 7.03. The number of hydrogen-bond acceptors (Lipinski definition) is 5. The second-order valence-corrected chi connectivity index (χ2v) is 6.73. The lowest BCUT2D eigenvalue weighted by molar-refractivity contribution is 0.0687. The van der Waals surface area contributed by atoms with Gasteiger partial charge in [0.25, 0.3) is 0 Å². The van der Waals surface area contributed by atoms with Crippen LogP contribution in [0.3, 0.4) is 0 Å². The number of hydrogen-bond donors (Lipinski definition) is 2. The van der Waals surface area contributed by atoms with Crippen LogP contribution in [-0.2, 0) is 11.8 Å². The molecule has 0 radical (unpaired) electrons. The number of allylic oxidation sites excluding steroid dienone is 4. The van der Waals surface area contributed by atoms with Crippen LogP contribution in [0.4, 0.5) is 10.2 Å². The Morgan fingerprint density at radius 1 is 1.52 bits per heavy atom. The third-order valence-electron chi connectivity index (χ3n) is 4.21. The van der Waals surface area contributed by atoms with Crippen LogP contribution in [0.5, 0.6) is 0 Å². The Bertz CT molecular complexity index is 1030. The molecule has 0 fully saturated rings. The third-order valence-corrected chi connectivity index (χ3v) is 4.57. The molecule has 1 aliphatic rings. The fourth-order valence-corrected chi connectivity index (χ4v) is 3.30. The smallest absolute Gasteiger partial charge is 0.354 e. The number of ether oxygens (including phenoxy) is 1. The number of nitrogens with zero attached hydrogens (tertiary/aromatic N) is 3. The molecule has 2 heterocycles. The van der Waals surface area contributed by atoms with Gasteiger partial charge in [-0.2, -0.15) is 0 Å². The number of fused-ring (bicyclic) bond motifs is 1. The summed E-state index contributed by atoms with van der Waals surface area (Å²) >= 11 is 6.18. The third kappa shape index (κ3) is 3.40. The van der Waals surface area contributed by atoms with Gasteiger partial charge in [-0.15, -0.1) is 0 Å². The molecule has 1 atom stereocenters. The van der Waals surface area contributed by atoms with Crippen molar-refractivity contribution in [1.29, 1.82) is 0 Å². The van der Waals surface area contributed by atoms with Crippen LogP contribution in [0.2, 0.25) is 5.02 Å². The SMILES string of the molecule is C=C(C)OC1=C(Nc2ncnc3c(Cl)c(C(=O)O)n(C)c23)CC(C)C(F)=C1. The minimum atomic E-state index is -1.17. The minimum absolute atomic E-state index is 0.0285. The van der Waals surface area contributed by atoms with Gasteiger partial charge in [0.2, 0.25) is 0 Å². The van der Waals surface area contributed by atoms with Crippen molar-refractivity contribution in [2.45, 2.75) is 20.3 Å². The number of carbonyl (C=O) groups is 1. The molecule has 0 spiro atoms. The topological polar surface area (TPSA) is 89.3 Å². The monoisotopic (exact) mass is 392 g/mol. The summed E-state index contributed by atoms with van der Waals surface area (Å²) in [5.41, 5.74) is 1.24. The minimum Gasteiger partial charge on any atom is -0.477 e. The van der Waals surface area contributed by atoms with E-state index in [4.69, 9.17) is 16.3 Å². The standard InChI is InChI=1S/C18H18ClFN4O3/c1-8(2)27-12-6-10(20)9(3)5-11(12)23-17-16-14(21-7-22-17)13(19)15(18(25)26)24(16)4/h6-7,9H,1,5H2,2-4H3,(H,25,26)(H,21,22,23). The van der Waals surface area contributed by atoms with Gasteiger partial charge in [0.05, 0.1) is 16.5 Å². The Morgan fingerprint density at radius 2 is 2.22 bits per heavy atom. The molecular formula is C18H18ClFN4O3. The summed E-state index contributed by atoms with van der Waals surface area (Å²) in [7, 11) is 1.56. The Kier molecular flexibility index (Phi) is 4.93. The zero-order chi connectivity index (χ0) is 19.9. The first-order chi connectivity index (χ1) is 12.7. The van der Waals surface area contributed by atoms with Crippen LogP contribution in [0, 0.1) is 5.92 Å². The van der Waals surface area contributed by atoms with Crippen LogP contribution in [0.25, 0.3) is 11.0 Å². The second-order valence-electron chi connectivity index (χ2n) is 6.35. The number of nitrogens with one attached hydrogen (secondary N) is 1. The highest BCUT2D eigenvalue weighted by Crippen LogP contribution is 2.35. The summed E-state index contributed by atoms with van der Waals surface area (Å²) in [6.07, 6.45) is 2.94. The zero-order valence-electron chi connectivity index (χ0n) is 15.0. The van der Waals surface area contributed by atoms with Crippen LogP contribution in [0.1, 0.15) is 30.8 Å². The number of rotatable bonds is 5. The van der Waals surface area contributed by atoms with E-state index in [1.165, 1.54) is 17.0 Å². The van der Waals surface area contributed by atoms with Gasteiger partial charge in [-0.1, -0.05) is 25.1 Å². The molecule has 142 valence electrons. The van der Waals surface area contributed by atoms with Crippen molar-refractivity contribution in [2.24, 2.45) is 13.0 Å². The van der Waals surface area contributed by atoms with Gasteiger partial charge in [-0.25, -0.2) is 19.2 Å². The van der Waals surface area contributed by atoms with Crippen molar-refractivity contribution >= 4 is 34.4 Å². The van der Waals surface area contributed by atoms with Gasteiger partial charge in [-0.05, 0) is 6.92 Å². The molecule has 2 N–H and O–H groups in total. The molecule has 1 aliphatic carbocycles. The summed E-state index contributed by atoms with van der Waals surface area (Å²) in [4.78, 5) is 19.8. The van der Waals surface area contributed by atoms with Gasteiger partial charge in [0.1, 0.15) is 34.6 Å². The van der Waals surface area contributed by atoms with E-state index in [1.807, 2.05) is 0 Å². The Hall–Kier alpha value is -2.87. The molecule has 2 aromatic heterocycles. The number of aromatic nitrogens is 3. The molecule has 7 nitrogen and oxygen atoms in total. The summed E-state index contributed by atoms with van der Waals surface area (Å²) < 4.78 is 21.0. The van der Waals surface area contributed by atoms with Crippen molar-refractivity contribution in [1.82, 2.24) is 14.5 Å². The summed E-state index contributed by atoms with van der Waals surface area (Å²) in [6.45, 7) is 7.10. The maximum Gasteiger partial charge on any atom is 0.354 e. The Morgan fingerprint density at radius 3 is 2.85 bits per heavy atom. The molecule has 0 aromatic carbocycles. The van der Waals surface area contributed by atoms with Crippen LogP contribution >= 0.6 is 11.6 Å². The lowest BCUT2D eigenvalue weighted by atomic mass is 9.97. The highest BCUT2D eigenvalue weighted by Gasteiger charge is 2.26. The van der Waals surface area contributed by atoms with Crippen molar-refractivity contribution in [3.05, 3.63) is 52.7 Å². The predicted molar refractivity (Wildman–Crippen MR) is 100.0 cm³/mol. The maximum atomic E-state index is 14.0.